The first kappa shape index (κ1) is 13.7. The van der Waals surface area contributed by atoms with Gasteiger partial charge in [-0.1, -0.05) is 15.9 Å². The number of anilines is 1. The second-order valence-electron chi connectivity index (χ2n) is 3.11. The van der Waals surface area contributed by atoms with Gasteiger partial charge in [-0.3, -0.25) is 0 Å². The van der Waals surface area contributed by atoms with Gasteiger partial charge in [0.05, 0.1) is 5.56 Å². The minimum atomic E-state index is -4.32. The Morgan fingerprint density at radius 2 is 2.06 bits per heavy atom. The lowest BCUT2D eigenvalue weighted by Crippen LogP contribution is -2.09. The summed E-state index contributed by atoms with van der Waals surface area (Å²) in [6.07, 6.45) is -2.37. The number of hydrogen-bond acceptors (Lipinski definition) is 2. The van der Waals surface area contributed by atoms with Crippen molar-refractivity contribution in [2.75, 3.05) is 23.9 Å². The zero-order valence-corrected chi connectivity index (χ0v) is 11.0. The van der Waals surface area contributed by atoms with Crippen molar-refractivity contribution >= 4 is 33.4 Å². The molecule has 0 amide bonds. The van der Waals surface area contributed by atoms with Crippen LogP contribution >= 0.6 is 27.7 Å². The molecule has 1 aromatic carbocycles. The van der Waals surface area contributed by atoms with Crippen molar-refractivity contribution in [2.24, 2.45) is 0 Å². The van der Waals surface area contributed by atoms with Crippen LogP contribution in [-0.4, -0.2) is 18.6 Å². The molecule has 90 valence electrons. The summed E-state index contributed by atoms with van der Waals surface area (Å²) in [4.78, 5) is 0. The second kappa shape index (κ2) is 5.82. The largest absolute Gasteiger partial charge is 0.417 e. The first-order valence-electron chi connectivity index (χ1n) is 4.54. The van der Waals surface area contributed by atoms with Gasteiger partial charge in [-0.15, -0.1) is 0 Å². The van der Waals surface area contributed by atoms with E-state index in [1.165, 1.54) is 6.07 Å². The minimum Gasteiger partial charge on any atom is -0.384 e. The van der Waals surface area contributed by atoms with E-state index in [0.717, 1.165) is 11.8 Å². The zero-order chi connectivity index (χ0) is 12.2. The van der Waals surface area contributed by atoms with E-state index < -0.39 is 11.7 Å². The molecule has 0 aliphatic heterocycles. The second-order valence-corrected chi connectivity index (χ2v) is 4.95. The Balaban J connectivity index is 2.82. The lowest BCUT2D eigenvalue weighted by atomic mass is 10.2. The summed E-state index contributed by atoms with van der Waals surface area (Å²) >= 11 is 4.54. The van der Waals surface area contributed by atoms with Gasteiger partial charge in [0.1, 0.15) is 0 Å². The van der Waals surface area contributed by atoms with Crippen molar-refractivity contribution in [2.45, 2.75) is 6.18 Å². The molecule has 0 fully saturated rings. The third-order valence-electron chi connectivity index (χ3n) is 1.91. The van der Waals surface area contributed by atoms with Crippen molar-refractivity contribution in [3.8, 4) is 0 Å². The van der Waals surface area contributed by atoms with Crippen molar-refractivity contribution in [3.63, 3.8) is 0 Å². The van der Waals surface area contributed by atoms with Crippen LogP contribution in [0, 0.1) is 0 Å². The van der Waals surface area contributed by atoms with E-state index in [-0.39, 0.29) is 4.47 Å². The first-order chi connectivity index (χ1) is 7.45. The Morgan fingerprint density at radius 3 is 2.62 bits per heavy atom. The molecule has 1 N–H and O–H groups in total. The molecule has 0 saturated carbocycles. The van der Waals surface area contributed by atoms with E-state index >= 15 is 0 Å². The van der Waals surface area contributed by atoms with E-state index in [1.807, 2.05) is 6.26 Å². The van der Waals surface area contributed by atoms with Crippen LogP contribution in [0.15, 0.2) is 22.7 Å². The van der Waals surface area contributed by atoms with Crippen LogP contribution in [0.5, 0.6) is 0 Å². The molecule has 0 radical (unpaired) electrons. The highest BCUT2D eigenvalue weighted by Gasteiger charge is 2.33. The molecule has 6 heteroatoms. The fraction of sp³-hybridized carbons (Fsp3) is 0.400. The maximum Gasteiger partial charge on any atom is 0.417 e. The molecule has 0 atom stereocenters. The molecule has 0 saturated heterocycles. The predicted molar refractivity (Wildman–Crippen MR) is 66.0 cm³/mol. The van der Waals surface area contributed by atoms with Crippen LogP contribution < -0.4 is 5.32 Å². The summed E-state index contributed by atoms with van der Waals surface area (Å²) in [5.74, 6) is 0.859. The number of benzene rings is 1. The number of rotatable bonds is 4. The Morgan fingerprint density at radius 1 is 1.38 bits per heavy atom. The number of hydrogen-bond donors (Lipinski definition) is 1. The van der Waals surface area contributed by atoms with E-state index in [9.17, 15) is 13.2 Å². The molecule has 1 rings (SSSR count). The maximum atomic E-state index is 12.6. The molecule has 0 spiro atoms. The summed E-state index contributed by atoms with van der Waals surface area (Å²) in [6.45, 7) is 0.653. The normalized spacial score (nSPS) is 11.6. The lowest BCUT2D eigenvalue weighted by molar-refractivity contribution is -0.138. The molecule has 0 aliphatic carbocycles. The zero-order valence-electron chi connectivity index (χ0n) is 8.57. The Kier molecular flexibility index (Phi) is 4.98. The summed E-state index contributed by atoms with van der Waals surface area (Å²) in [6, 6.07) is 4.15. The lowest BCUT2D eigenvalue weighted by Gasteiger charge is -2.12. The maximum absolute atomic E-state index is 12.6. The van der Waals surface area contributed by atoms with Gasteiger partial charge in [0.25, 0.3) is 0 Å². The van der Waals surface area contributed by atoms with Gasteiger partial charge < -0.3 is 5.32 Å². The number of alkyl halides is 3. The SMILES string of the molecule is CSCCNc1ccc(Br)c(C(F)(F)F)c1. The molecule has 0 aliphatic rings. The van der Waals surface area contributed by atoms with Crippen molar-refractivity contribution in [1.82, 2.24) is 0 Å². The van der Waals surface area contributed by atoms with Gasteiger partial charge in [-0.25, -0.2) is 0 Å². The summed E-state index contributed by atoms with van der Waals surface area (Å²) < 4.78 is 37.7. The average molecular weight is 314 g/mol. The third-order valence-corrected chi connectivity index (χ3v) is 3.21. The fourth-order valence-electron chi connectivity index (χ4n) is 1.15. The Hall–Kier alpha value is -0.360. The van der Waals surface area contributed by atoms with Crippen LogP contribution in [0.4, 0.5) is 18.9 Å². The van der Waals surface area contributed by atoms with Crippen LogP contribution in [0.25, 0.3) is 0 Å². The van der Waals surface area contributed by atoms with Gasteiger partial charge in [-0.2, -0.15) is 24.9 Å². The average Bonchev–Trinajstić information content (AvgIpc) is 2.19. The highest BCUT2D eigenvalue weighted by molar-refractivity contribution is 9.10. The molecule has 16 heavy (non-hydrogen) atoms. The molecule has 1 nitrogen and oxygen atoms in total. The quantitative estimate of drug-likeness (QED) is 0.834. The van der Waals surface area contributed by atoms with E-state index in [0.29, 0.717) is 12.2 Å². The first-order valence-corrected chi connectivity index (χ1v) is 6.73. The molecular weight excluding hydrogens is 303 g/mol. The van der Waals surface area contributed by atoms with Gasteiger partial charge in [-0.05, 0) is 24.5 Å². The Labute approximate surface area is 105 Å². The van der Waals surface area contributed by atoms with E-state index in [4.69, 9.17) is 0 Å². The summed E-state index contributed by atoms with van der Waals surface area (Å²) in [7, 11) is 0. The topological polar surface area (TPSA) is 12.0 Å². The van der Waals surface area contributed by atoms with Gasteiger partial charge in [0, 0.05) is 22.5 Å². The number of nitrogens with one attached hydrogen (secondary N) is 1. The highest BCUT2D eigenvalue weighted by Crippen LogP contribution is 2.36. The molecule has 0 aromatic heterocycles. The van der Waals surface area contributed by atoms with Crippen molar-refractivity contribution in [3.05, 3.63) is 28.2 Å². The highest BCUT2D eigenvalue weighted by atomic mass is 79.9. The molecule has 1 aromatic rings. The smallest absolute Gasteiger partial charge is 0.384 e. The third kappa shape index (κ3) is 3.90. The van der Waals surface area contributed by atoms with Crippen LogP contribution in [-0.2, 0) is 6.18 Å². The number of thioether (sulfide) groups is 1. The number of halogens is 4. The predicted octanol–water partition coefficient (Wildman–Crippen LogP) is 4.24. The fourth-order valence-corrected chi connectivity index (χ4v) is 1.93. The Bertz CT molecular complexity index is 354. The molecule has 0 bridgehead atoms. The summed E-state index contributed by atoms with van der Waals surface area (Å²) in [5, 5.41) is 2.94. The van der Waals surface area contributed by atoms with E-state index in [1.54, 1.807) is 17.8 Å². The molecular formula is C10H11BrF3NS. The van der Waals surface area contributed by atoms with Crippen LogP contribution in [0.1, 0.15) is 5.56 Å². The molecule has 0 heterocycles. The van der Waals surface area contributed by atoms with Gasteiger partial charge >= 0.3 is 6.18 Å². The van der Waals surface area contributed by atoms with Crippen molar-refractivity contribution in [1.29, 1.82) is 0 Å². The monoisotopic (exact) mass is 313 g/mol. The molecule has 0 unspecified atom stereocenters. The standard InChI is InChI=1S/C10H11BrF3NS/c1-16-5-4-15-7-2-3-9(11)8(6-7)10(12,13)14/h2-3,6,15H,4-5H2,1H3. The van der Waals surface area contributed by atoms with E-state index in [2.05, 4.69) is 21.2 Å². The van der Waals surface area contributed by atoms with Crippen molar-refractivity contribution < 1.29 is 13.2 Å². The van der Waals surface area contributed by atoms with Crippen LogP contribution in [0.3, 0.4) is 0 Å². The minimum absolute atomic E-state index is 0.0652. The van der Waals surface area contributed by atoms with Gasteiger partial charge in [0.2, 0.25) is 0 Å². The van der Waals surface area contributed by atoms with Gasteiger partial charge in [0.15, 0.2) is 0 Å². The van der Waals surface area contributed by atoms with Crippen LogP contribution in [0.2, 0.25) is 0 Å². The summed E-state index contributed by atoms with van der Waals surface area (Å²) in [5.41, 5.74) is -0.161.